The SMILES string of the molecule is O=C(NC1CC2(CCC2)C1)N1CCc2c(ccnc2OCC(F)(F)F)C1. The van der Waals surface area contributed by atoms with Crippen molar-refractivity contribution in [3.05, 3.63) is 23.4 Å². The lowest BCUT2D eigenvalue weighted by Crippen LogP contribution is -2.56. The standard InChI is InChI=1S/C18H22F3N3O2/c19-18(20,21)11-26-15-14-3-7-24(10-12(14)2-6-22-15)16(25)23-13-8-17(9-13)4-1-5-17/h2,6,13H,1,3-5,7-11H2,(H,23,25). The Labute approximate surface area is 149 Å². The number of carbonyl (C=O) groups is 1. The lowest BCUT2D eigenvalue weighted by molar-refractivity contribution is -0.154. The van der Waals surface area contributed by atoms with Crippen molar-refractivity contribution in [3.8, 4) is 5.88 Å². The number of hydrogen-bond donors (Lipinski definition) is 1. The quantitative estimate of drug-likeness (QED) is 0.888. The summed E-state index contributed by atoms with van der Waals surface area (Å²) in [5, 5.41) is 3.09. The van der Waals surface area contributed by atoms with Gasteiger partial charge in [0.15, 0.2) is 6.61 Å². The minimum Gasteiger partial charge on any atom is -0.468 e. The molecule has 2 amide bonds. The molecule has 1 aliphatic heterocycles. The lowest BCUT2D eigenvalue weighted by atomic mass is 9.54. The Morgan fingerprint density at radius 2 is 2.15 bits per heavy atom. The fourth-order valence-corrected chi connectivity index (χ4v) is 4.34. The first kappa shape index (κ1) is 17.4. The van der Waals surface area contributed by atoms with Gasteiger partial charge in [0.1, 0.15) is 0 Å². The van der Waals surface area contributed by atoms with Crippen LogP contribution in [0.1, 0.15) is 43.2 Å². The van der Waals surface area contributed by atoms with Crippen molar-refractivity contribution in [2.75, 3.05) is 13.2 Å². The average Bonchev–Trinajstić information content (AvgIpc) is 2.52. The van der Waals surface area contributed by atoms with Gasteiger partial charge in [0, 0.05) is 30.9 Å². The maximum atomic E-state index is 12.5. The van der Waals surface area contributed by atoms with Crippen LogP contribution in [-0.2, 0) is 13.0 Å². The molecule has 5 nitrogen and oxygen atoms in total. The summed E-state index contributed by atoms with van der Waals surface area (Å²) in [6.45, 7) is -0.543. The summed E-state index contributed by atoms with van der Waals surface area (Å²) >= 11 is 0. The summed E-state index contributed by atoms with van der Waals surface area (Å²) < 4.78 is 42.0. The lowest BCUT2D eigenvalue weighted by Gasteiger charge is -2.54. The highest BCUT2D eigenvalue weighted by atomic mass is 19.4. The molecule has 2 heterocycles. The molecule has 2 fully saturated rings. The Bertz CT molecular complexity index is 695. The molecule has 0 aromatic carbocycles. The van der Waals surface area contributed by atoms with E-state index in [2.05, 4.69) is 10.3 Å². The van der Waals surface area contributed by atoms with E-state index in [9.17, 15) is 18.0 Å². The van der Waals surface area contributed by atoms with Gasteiger partial charge in [0.25, 0.3) is 0 Å². The highest BCUT2D eigenvalue weighted by molar-refractivity contribution is 5.75. The van der Waals surface area contributed by atoms with E-state index in [-0.39, 0.29) is 18.0 Å². The third kappa shape index (κ3) is 3.46. The van der Waals surface area contributed by atoms with Crippen molar-refractivity contribution in [1.82, 2.24) is 15.2 Å². The van der Waals surface area contributed by atoms with Crippen molar-refractivity contribution >= 4 is 6.03 Å². The minimum absolute atomic E-state index is 0.0193. The molecule has 0 atom stereocenters. The first-order chi connectivity index (χ1) is 12.3. The van der Waals surface area contributed by atoms with E-state index in [0.717, 1.165) is 18.4 Å². The van der Waals surface area contributed by atoms with Crippen LogP contribution < -0.4 is 10.1 Å². The molecule has 1 spiro atoms. The smallest absolute Gasteiger partial charge is 0.422 e. The zero-order valence-electron chi connectivity index (χ0n) is 14.4. The van der Waals surface area contributed by atoms with E-state index >= 15 is 0 Å². The maximum absolute atomic E-state index is 12.5. The summed E-state index contributed by atoms with van der Waals surface area (Å²) in [5.74, 6) is 0.0193. The van der Waals surface area contributed by atoms with Crippen LogP contribution in [0.4, 0.5) is 18.0 Å². The maximum Gasteiger partial charge on any atom is 0.422 e. The molecule has 0 bridgehead atoms. The number of hydrogen-bond acceptors (Lipinski definition) is 3. The number of halogens is 3. The second kappa shape index (κ2) is 6.32. The Balaban J connectivity index is 1.34. The molecule has 26 heavy (non-hydrogen) atoms. The second-order valence-electron chi connectivity index (χ2n) is 7.74. The van der Waals surface area contributed by atoms with Gasteiger partial charge in [-0.1, -0.05) is 6.42 Å². The average molecular weight is 369 g/mol. The van der Waals surface area contributed by atoms with Crippen LogP contribution in [0, 0.1) is 5.41 Å². The number of carbonyl (C=O) groups excluding carboxylic acids is 1. The van der Waals surface area contributed by atoms with Crippen LogP contribution in [0.5, 0.6) is 5.88 Å². The van der Waals surface area contributed by atoms with Gasteiger partial charge in [0.2, 0.25) is 5.88 Å². The molecule has 8 heteroatoms. The molecule has 2 aliphatic carbocycles. The Morgan fingerprint density at radius 3 is 2.81 bits per heavy atom. The van der Waals surface area contributed by atoms with Gasteiger partial charge in [-0.25, -0.2) is 9.78 Å². The monoisotopic (exact) mass is 369 g/mol. The number of fused-ring (bicyclic) bond motifs is 1. The molecular weight excluding hydrogens is 347 g/mol. The van der Waals surface area contributed by atoms with Crippen molar-refractivity contribution < 1.29 is 22.7 Å². The Kier molecular flexibility index (Phi) is 4.23. The Hall–Kier alpha value is -1.99. The van der Waals surface area contributed by atoms with E-state index in [1.807, 2.05) is 0 Å². The zero-order valence-corrected chi connectivity index (χ0v) is 14.4. The number of alkyl halides is 3. The summed E-state index contributed by atoms with van der Waals surface area (Å²) in [6.07, 6.45) is 3.48. The van der Waals surface area contributed by atoms with Gasteiger partial charge in [-0.15, -0.1) is 0 Å². The molecule has 3 aliphatic rings. The largest absolute Gasteiger partial charge is 0.468 e. The van der Waals surface area contributed by atoms with Crippen molar-refractivity contribution in [2.24, 2.45) is 5.41 Å². The molecule has 4 rings (SSSR count). The third-order valence-electron chi connectivity index (χ3n) is 5.87. The predicted molar refractivity (Wildman–Crippen MR) is 87.7 cm³/mol. The second-order valence-corrected chi connectivity index (χ2v) is 7.74. The normalized spacial score (nSPS) is 21.6. The number of aromatic nitrogens is 1. The number of nitrogens with one attached hydrogen (secondary N) is 1. The fraction of sp³-hybridized carbons (Fsp3) is 0.667. The fourth-order valence-electron chi connectivity index (χ4n) is 4.34. The number of rotatable bonds is 3. The minimum atomic E-state index is -4.40. The van der Waals surface area contributed by atoms with Crippen molar-refractivity contribution in [1.29, 1.82) is 0 Å². The first-order valence-corrected chi connectivity index (χ1v) is 9.05. The van der Waals surface area contributed by atoms with Crippen LogP contribution in [0.3, 0.4) is 0 Å². The molecule has 142 valence electrons. The molecule has 0 radical (unpaired) electrons. The van der Waals surface area contributed by atoms with Crippen LogP contribution in [0.25, 0.3) is 0 Å². The Morgan fingerprint density at radius 1 is 1.38 bits per heavy atom. The van der Waals surface area contributed by atoms with Gasteiger partial charge in [0.05, 0.1) is 0 Å². The van der Waals surface area contributed by atoms with Gasteiger partial charge in [-0.3, -0.25) is 0 Å². The van der Waals surface area contributed by atoms with Crippen molar-refractivity contribution in [3.63, 3.8) is 0 Å². The zero-order chi connectivity index (χ0) is 18.4. The summed E-state index contributed by atoms with van der Waals surface area (Å²) in [5.41, 5.74) is 1.96. The third-order valence-corrected chi connectivity index (χ3v) is 5.87. The molecule has 1 aromatic rings. The highest BCUT2D eigenvalue weighted by Crippen LogP contribution is 2.55. The van der Waals surface area contributed by atoms with Crippen LogP contribution in [0.15, 0.2) is 12.3 Å². The first-order valence-electron chi connectivity index (χ1n) is 9.05. The number of ether oxygens (including phenoxy) is 1. The molecule has 1 N–H and O–H groups in total. The van der Waals surface area contributed by atoms with Crippen LogP contribution >= 0.6 is 0 Å². The summed E-state index contributed by atoms with van der Waals surface area (Å²) in [4.78, 5) is 18.1. The van der Waals surface area contributed by atoms with E-state index in [4.69, 9.17) is 4.74 Å². The van der Waals surface area contributed by atoms with E-state index in [1.54, 1.807) is 11.0 Å². The molecule has 1 aromatic heterocycles. The van der Waals surface area contributed by atoms with Gasteiger partial charge in [-0.2, -0.15) is 13.2 Å². The van der Waals surface area contributed by atoms with Gasteiger partial charge < -0.3 is 15.0 Å². The van der Waals surface area contributed by atoms with Crippen LogP contribution in [0.2, 0.25) is 0 Å². The number of nitrogens with zero attached hydrogens (tertiary/aromatic N) is 2. The number of amides is 2. The topological polar surface area (TPSA) is 54.5 Å². The van der Waals surface area contributed by atoms with E-state index < -0.39 is 12.8 Å². The molecular formula is C18H22F3N3O2. The van der Waals surface area contributed by atoms with Gasteiger partial charge in [-0.05, 0) is 49.1 Å². The molecule has 2 saturated carbocycles. The van der Waals surface area contributed by atoms with E-state index in [1.165, 1.54) is 25.5 Å². The predicted octanol–water partition coefficient (Wildman–Crippen LogP) is 3.42. The number of urea groups is 1. The summed E-state index contributed by atoms with van der Waals surface area (Å²) in [6, 6.07) is 1.90. The highest BCUT2D eigenvalue weighted by Gasteiger charge is 2.48. The molecule has 0 unspecified atom stereocenters. The van der Waals surface area contributed by atoms with E-state index in [0.29, 0.717) is 30.5 Å². The molecule has 0 saturated heterocycles. The summed E-state index contributed by atoms with van der Waals surface area (Å²) in [7, 11) is 0. The van der Waals surface area contributed by atoms with Crippen LogP contribution in [-0.4, -0.2) is 41.3 Å². The number of pyridine rings is 1. The van der Waals surface area contributed by atoms with Crippen molar-refractivity contribution in [2.45, 2.75) is 57.3 Å². The van der Waals surface area contributed by atoms with Gasteiger partial charge >= 0.3 is 12.2 Å².